The Bertz CT molecular complexity index is 690. The fourth-order valence-corrected chi connectivity index (χ4v) is 5.00. The maximum Gasteiger partial charge on any atom is 0.341 e. The van der Waals surface area contributed by atoms with Crippen molar-refractivity contribution in [1.29, 1.82) is 0 Å². The number of thiophene rings is 1. The second-order valence-corrected chi connectivity index (χ2v) is 8.02. The zero-order chi connectivity index (χ0) is 18.5. The standard InChI is InChI=1S/C19H26N2O4S/c1-2-25-19(24)16-13-8-7-9-14(22)17(13)26-18(16)20-15(23)12-21-10-5-3-4-6-11-21/h2-12H2,1H3,(H,20,23)/p+1. The fourth-order valence-electron chi connectivity index (χ4n) is 3.78. The van der Waals surface area contributed by atoms with E-state index in [0.717, 1.165) is 37.9 Å². The van der Waals surface area contributed by atoms with E-state index in [4.69, 9.17) is 4.74 Å². The van der Waals surface area contributed by atoms with E-state index in [1.165, 1.54) is 29.1 Å². The first-order valence-electron chi connectivity index (χ1n) is 9.59. The fraction of sp³-hybridized carbons (Fsp3) is 0.632. The minimum atomic E-state index is -0.447. The van der Waals surface area contributed by atoms with Gasteiger partial charge in [-0.25, -0.2) is 4.79 Å². The van der Waals surface area contributed by atoms with Gasteiger partial charge in [0.15, 0.2) is 12.3 Å². The molecule has 7 heteroatoms. The van der Waals surface area contributed by atoms with Crippen molar-refractivity contribution in [3.8, 4) is 0 Å². The quantitative estimate of drug-likeness (QED) is 0.766. The number of nitrogens with one attached hydrogen (secondary N) is 2. The van der Waals surface area contributed by atoms with Crippen LogP contribution in [0.3, 0.4) is 0 Å². The molecule has 0 atom stereocenters. The number of Topliss-reactive ketones (excluding diaryl/α,β-unsaturated/α-hetero) is 1. The second-order valence-electron chi connectivity index (χ2n) is 7.00. The van der Waals surface area contributed by atoms with Crippen molar-refractivity contribution >= 4 is 34.0 Å². The van der Waals surface area contributed by atoms with Gasteiger partial charge in [-0.2, -0.15) is 0 Å². The van der Waals surface area contributed by atoms with Gasteiger partial charge in [-0.05, 0) is 51.0 Å². The van der Waals surface area contributed by atoms with Crippen molar-refractivity contribution in [2.45, 2.75) is 51.9 Å². The van der Waals surface area contributed by atoms with Gasteiger partial charge >= 0.3 is 5.97 Å². The first-order valence-corrected chi connectivity index (χ1v) is 10.4. The summed E-state index contributed by atoms with van der Waals surface area (Å²) in [5.41, 5.74) is 1.14. The molecule has 3 rings (SSSR count). The highest BCUT2D eigenvalue weighted by molar-refractivity contribution is 7.18. The Morgan fingerprint density at radius 1 is 1.12 bits per heavy atom. The third-order valence-corrected chi connectivity index (χ3v) is 6.23. The summed E-state index contributed by atoms with van der Waals surface area (Å²) in [6, 6.07) is 0. The molecule has 1 saturated heterocycles. The molecular formula is C19H27N2O4S+. The third-order valence-electron chi connectivity index (χ3n) is 5.04. The lowest BCUT2D eigenvalue weighted by atomic mass is 9.94. The highest BCUT2D eigenvalue weighted by Crippen LogP contribution is 2.38. The molecular weight excluding hydrogens is 352 g/mol. The Labute approximate surface area is 157 Å². The molecule has 2 aliphatic rings. The highest BCUT2D eigenvalue weighted by Gasteiger charge is 2.31. The van der Waals surface area contributed by atoms with E-state index in [0.29, 0.717) is 34.8 Å². The molecule has 1 amide bonds. The number of carbonyl (C=O) groups is 3. The highest BCUT2D eigenvalue weighted by atomic mass is 32.1. The summed E-state index contributed by atoms with van der Waals surface area (Å²) in [6.07, 6.45) is 6.69. The molecule has 1 aliphatic heterocycles. The Morgan fingerprint density at radius 2 is 1.85 bits per heavy atom. The molecule has 1 aromatic heterocycles. The topological polar surface area (TPSA) is 76.9 Å². The van der Waals surface area contributed by atoms with Crippen LogP contribution in [0.25, 0.3) is 0 Å². The van der Waals surface area contributed by atoms with Crippen LogP contribution in [0.4, 0.5) is 5.00 Å². The molecule has 0 saturated carbocycles. The molecule has 6 nitrogen and oxygen atoms in total. The van der Waals surface area contributed by atoms with Crippen molar-refractivity contribution in [3.63, 3.8) is 0 Å². The van der Waals surface area contributed by atoms with E-state index in [-0.39, 0.29) is 18.3 Å². The lowest BCUT2D eigenvalue weighted by Crippen LogP contribution is -3.12. The van der Waals surface area contributed by atoms with Crippen molar-refractivity contribution in [2.24, 2.45) is 0 Å². The second kappa shape index (κ2) is 8.77. The number of rotatable bonds is 5. The number of esters is 1. The third kappa shape index (κ3) is 4.32. The van der Waals surface area contributed by atoms with Gasteiger partial charge in [0.2, 0.25) is 0 Å². The predicted molar refractivity (Wildman–Crippen MR) is 100 cm³/mol. The van der Waals surface area contributed by atoms with E-state index in [2.05, 4.69) is 5.32 Å². The van der Waals surface area contributed by atoms with Gasteiger partial charge < -0.3 is 15.0 Å². The van der Waals surface area contributed by atoms with Crippen LogP contribution < -0.4 is 10.2 Å². The van der Waals surface area contributed by atoms with Crippen molar-refractivity contribution in [1.82, 2.24) is 0 Å². The van der Waals surface area contributed by atoms with E-state index >= 15 is 0 Å². The minimum absolute atomic E-state index is 0.0560. The number of hydrogen-bond acceptors (Lipinski definition) is 5. The summed E-state index contributed by atoms with van der Waals surface area (Å²) >= 11 is 1.23. The van der Waals surface area contributed by atoms with Crippen LogP contribution in [-0.2, 0) is 16.0 Å². The number of fused-ring (bicyclic) bond motifs is 1. The molecule has 1 aliphatic carbocycles. The molecule has 0 bridgehead atoms. The number of ketones is 1. The molecule has 26 heavy (non-hydrogen) atoms. The van der Waals surface area contributed by atoms with Crippen LogP contribution in [0, 0.1) is 0 Å². The van der Waals surface area contributed by atoms with Gasteiger partial charge in [0.05, 0.1) is 30.1 Å². The summed E-state index contributed by atoms with van der Waals surface area (Å²) in [5, 5.41) is 3.38. The Balaban J connectivity index is 1.78. The first kappa shape index (κ1) is 19.0. The molecule has 1 aromatic rings. The van der Waals surface area contributed by atoms with Crippen molar-refractivity contribution in [3.05, 3.63) is 16.0 Å². The van der Waals surface area contributed by atoms with Crippen LogP contribution in [0.2, 0.25) is 0 Å². The predicted octanol–water partition coefficient (Wildman–Crippen LogP) is 1.84. The smallest absolute Gasteiger partial charge is 0.341 e. The van der Waals surface area contributed by atoms with Crippen molar-refractivity contribution < 1.29 is 24.0 Å². The molecule has 0 radical (unpaired) electrons. The van der Waals surface area contributed by atoms with Gasteiger partial charge in [-0.3, -0.25) is 9.59 Å². The molecule has 142 valence electrons. The number of quaternary nitrogens is 1. The van der Waals surface area contributed by atoms with Gasteiger partial charge in [0.1, 0.15) is 5.00 Å². The SMILES string of the molecule is CCOC(=O)c1c(NC(=O)C[NH+]2CCCCCC2)sc2c1CCCC2=O. The maximum atomic E-state index is 12.6. The van der Waals surface area contributed by atoms with E-state index in [1.807, 2.05) is 0 Å². The van der Waals surface area contributed by atoms with E-state index < -0.39 is 5.97 Å². The van der Waals surface area contributed by atoms with Crippen LogP contribution in [0.5, 0.6) is 0 Å². The summed E-state index contributed by atoms with van der Waals surface area (Å²) in [4.78, 5) is 39.1. The van der Waals surface area contributed by atoms with Gasteiger partial charge in [0, 0.05) is 6.42 Å². The molecule has 2 N–H and O–H groups in total. The van der Waals surface area contributed by atoms with Crippen LogP contribution in [0.1, 0.15) is 71.0 Å². The summed E-state index contributed by atoms with van der Waals surface area (Å²) in [7, 11) is 0. The van der Waals surface area contributed by atoms with Crippen LogP contribution in [0.15, 0.2) is 0 Å². The molecule has 0 spiro atoms. The van der Waals surface area contributed by atoms with Gasteiger partial charge in [-0.1, -0.05) is 0 Å². The van der Waals surface area contributed by atoms with E-state index in [9.17, 15) is 14.4 Å². The largest absolute Gasteiger partial charge is 0.462 e. The van der Waals surface area contributed by atoms with Gasteiger partial charge in [-0.15, -0.1) is 11.3 Å². The number of likely N-dealkylation sites (tertiary alicyclic amines) is 1. The first-order chi connectivity index (χ1) is 12.6. The summed E-state index contributed by atoms with van der Waals surface area (Å²) in [5.74, 6) is -0.490. The van der Waals surface area contributed by atoms with E-state index in [1.54, 1.807) is 6.92 Å². The molecule has 0 aromatic carbocycles. The van der Waals surface area contributed by atoms with Gasteiger partial charge in [0.25, 0.3) is 5.91 Å². The monoisotopic (exact) mass is 379 g/mol. The summed E-state index contributed by atoms with van der Waals surface area (Å²) in [6.45, 7) is 4.44. The average molecular weight is 380 g/mol. The Hall–Kier alpha value is -1.73. The van der Waals surface area contributed by atoms with Crippen LogP contribution in [-0.4, -0.2) is 43.9 Å². The number of carbonyl (C=O) groups excluding carboxylic acids is 3. The normalized spacial score (nSPS) is 18.1. The lowest BCUT2D eigenvalue weighted by Gasteiger charge is -2.16. The van der Waals surface area contributed by atoms with Crippen LogP contribution >= 0.6 is 11.3 Å². The molecule has 2 heterocycles. The number of ether oxygens (including phenoxy) is 1. The lowest BCUT2D eigenvalue weighted by molar-refractivity contribution is -0.890. The maximum absolute atomic E-state index is 12.6. The Kier molecular flexibility index (Phi) is 6.43. The molecule has 0 unspecified atom stereocenters. The zero-order valence-corrected chi connectivity index (χ0v) is 16.1. The number of anilines is 1. The summed E-state index contributed by atoms with van der Waals surface area (Å²) < 4.78 is 5.18. The number of hydrogen-bond donors (Lipinski definition) is 2. The number of amides is 1. The molecule has 1 fully saturated rings. The Morgan fingerprint density at radius 3 is 2.54 bits per heavy atom. The average Bonchev–Trinajstić information content (AvgIpc) is 2.78. The minimum Gasteiger partial charge on any atom is -0.462 e. The van der Waals surface area contributed by atoms with Crippen molar-refractivity contribution in [2.75, 3.05) is 31.6 Å². The zero-order valence-electron chi connectivity index (χ0n) is 15.3.